The molecule has 0 fully saturated rings. The smallest absolute Gasteiger partial charge is 0.248 e. The van der Waals surface area contributed by atoms with E-state index in [9.17, 15) is 0 Å². The van der Waals surface area contributed by atoms with Crippen molar-refractivity contribution in [2.45, 2.75) is 20.1 Å². The lowest BCUT2D eigenvalue weighted by Gasteiger charge is -2.08. The summed E-state index contributed by atoms with van der Waals surface area (Å²) in [5.41, 5.74) is 4.17. The number of hydrogen-bond acceptors (Lipinski definition) is 5. The lowest BCUT2D eigenvalue weighted by molar-refractivity contribution is 0.306. The van der Waals surface area contributed by atoms with Gasteiger partial charge in [-0.3, -0.25) is 0 Å². The Balaban J connectivity index is 1.32. The van der Waals surface area contributed by atoms with Gasteiger partial charge in [0.1, 0.15) is 12.4 Å². The van der Waals surface area contributed by atoms with Gasteiger partial charge < -0.3 is 14.5 Å². The van der Waals surface area contributed by atoms with Crippen LogP contribution in [0.5, 0.6) is 5.75 Å². The Kier molecular flexibility index (Phi) is 5.33. The maximum Gasteiger partial charge on any atom is 0.248 e. The number of aromatic nitrogens is 2. The maximum atomic E-state index is 5.80. The highest BCUT2D eigenvalue weighted by Gasteiger charge is 2.10. The summed E-state index contributed by atoms with van der Waals surface area (Å²) in [6.45, 7) is 3.04. The van der Waals surface area contributed by atoms with Crippen LogP contribution in [0.4, 0.5) is 5.69 Å². The van der Waals surface area contributed by atoms with Crippen molar-refractivity contribution < 1.29 is 9.15 Å². The summed E-state index contributed by atoms with van der Waals surface area (Å²) in [6.07, 6.45) is 0. The molecule has 28 heavy (non-hydrogen) atoms. The van der Waals surface area contributed by atoms with Gasteiger partial charge in [0.25, 0.3) is 0 Å². The number of benzene rings is 3. The van der Waals surface area contributed by atoms with Crippen LogP contribution < -0.4 is 10.1 Å². The Morgan fingerprint density at radius 2 is 1.61 bits per heavy atom. The van der Waals surface area contributed by atoms with Crippen molar-refractivity contribution in [3.05, 3.63) is 95.9 Å². The molecule has 1 N–H and O–H groups in total. The average Bonchev–Trinajstić information content (AvgIpc) is 3.21. The molecule has 1 heterocycles. The summed E-state index contributed by atoms with van der Waals surface area (Å²) in [5, 5.41) is 11.6. The number of nitrogens with one attached hydrogen (secondary N) is 1. The molecule has 140 valence electrons. The lowest BCUT2D eigenvalue weighted by Crippen LogP contribution is -2.00. The molecule has 4 rings (SSSR count). The minimum absolute atomic E-state index is 0.461. The Morgan fingerprint density at radius 1 is 0.857 bits per heavy atom. The highest BCUT2D eigenvalue weighted by molar-refractivity contribution is 5.57. The monoisotopic (exact) mass is 371 g/mol. The fourth-order valence-corrected chi connectivity index (χ4v) is 2.83. The second-order valence-corrected chi connectivity index (χ2v) is 6.47. The molecule has 1 aromatic heterocycles. The van der Waals surface area contributed by atoms with E-state index in [0.29, 0.717) is 24.9 Å². The van der Waals surface area contributed by atoms with Crippen LogP contribution in [-0.4, -0.2) is 10.2 Å². The van der Waals surface area contributed by atoms with E-state index in [0.717, 1.165) is 28.1 Å². The number of aryl methyl sites for hydroxylation is 1. The summed E-state index contributed by atoms with van der Waals surface area (Å²) in [4.78, 5) is 0. The summed E-state index contributed by atoms with van der Waals surface area (Å²) in [5.74, 6) is 1.91. The summed E-state index contributed by atoms with van der Waals surface area (Å²) in [6, 6.07) is 25.9. The largest absolute Gasteiger partial charge is 0.489 e. The minimum atomic E-state index is 0.461. The van der Waals surface area contributed by atoms with E-state index < -0.39 is 0 Å². The van der Waals surface area contributed by atoms with Gasteiger partial charge in [-0.2, -0.15) is 0 Å². The normalized spacial score (nSPS) is 10.6. The Hall–Kier alpha value is -3.60. The van der Waals surface area contributed by atoms with Crippen molar-refractivity contribution >= 4 is 5.69 Å². The van der Waals surface area contributed by atoms with Crippen molar-refractivity contribution in [3.8, 4) is 17.2 Å². The average molecular weight is 371 g/mol. The zero-order chi connectivity index (χ0) is 19.2. The van der Waals surface area contributed by atoms with Crippen LogP contribution in [0.3, 0.4) is 0 Å². The van der Waals surface area contributed by atoms with E-state index >= 15 is 0 Å². The molecule has 0 aliphatic heterocycles. The van der Waals surface area contributed by atoms with Gasteiger partial charge in [0.15, 0.2) is 0 Å². The molecule has 0 bridgehead atoms. The molecule has 0 radical (unpaired) electrons. The molecule has 4 aromatic rings. The first-order valence-corrected chi connectivity index (χ1v) is 9.17. The summed E-state index contributed by atoms with van der Waals surface area (Å²) in [7, 11) is 0. The quantitative estimate of drug-likeness (QED) is 0.482. The van der Waals surface area contributed by atoms with Crippen molar-refractivity contribution in [2.24, 2.45) is 0 Å². The molecular formula is C23H21N3O2. The topological polar surface area (TPSA) is 60.2 Å². The van der Waals surface area contributed by atoms with Crippen LogP contribution >= 0.6 is 0 Å². The van der Waals surface area contributed by atoms with Gasteiger partial charge in [-0.1, -0.05) is 48.5 Å². The molecule has 0 unspecified atom stereocenters. The van der Waals surface area contributed by atoms with Gasteiger partial charge in [-0.25, -0.2) is 0 Å². The molecule has 5 heteroatoms. The molecule has 0 saturated carbocycles. The summed E-state index contributed by atoms with van der Waals surface area (Å²) < 4.78 is 11.6. The van der Waals surface area contributed by atoms with Crippen LogP contribution in [0.2, 0.25) is 0 Å². The molecule has 0 aliphatic rings. The van der Waals surface area contributed by atoms with E-state index in [1.54, 1.807) is 0 Å². The van der Waals surface area contributed by atoms with Crippen molar-refractivity contribution in [2.75, 3.05) is 5.32 Å². The third kappa shape index (κ3) is 4.38. The molecule has 0 atom stereocenters. The van der Waals surface area contributed by atoms with Crippen LogP contribution in [0.25, 0.3) is 11.5 Å². The zero-order valence-electron chi connectivity index (χ0n) is 15.6. The first kappa shape index (κ1) is 17.8. The maximum absolute atomic E-state index is 5.80. The van der Waals surface area contributed by atoms with E-state index in [1.807, 2.05) is 85.8 Å². The summed E-state index contributed by atoms with van der Waals surface area (Å²) >= 11 is 0. The molecule has 0 spiro atoms. The van der Waals surface area contributed by atoms with Crippen molar-refractivity contribution in [3.63, 3.8) is 0 Å². The molecule has 3 aromatic carbocycles. The number of rotatable bonds is 7. The number of anilines is 1. The first-order chi connectivity index (χ1) is 13.8. The molecule has 0 amide bonds. The van der Waals surface area contributed by atoms with E-state index in [-0.39, 0.29) is 0 Å². The van der Waals surface area contributed by atoms with Crippen LogP contribution in [0, 0.1) is 6.92 Å². The van der Waals surface area contributed by atoms with Crippen LogP contribution in [-0.2, 0) is 13.2 Å². The van der Waals surface area contributed by atoms with Gasteiger partial charge in [-0.15, -0.1) is 10.2 Å². The minimum Gasteiger partial charge on any atom is -0.489 e. The Bertz CT molecular complexity index is 1030. The second-order valence-electron chi connectivity index (χ2n) is 6.47. The van der Waals surface area contributed by atoms with Gasteiger partial charge in [0, 0.05) is 11.3 Å². The molecule has 5 nitrogen and oxygen atoms in total. The van der Waals surface area contributed by atoms with Crippen molar-refractivity contribution in [1.82, 2.24) is 10.2 Å². The van der Waals surface area contributed by atoms with E-state index in [4.69, 9.17) is 9.15 Å². The second kappa shape index (κ2) is 8.39. The molecule has 0 aliphatic carbocycles. The number of nitrogens with zero attached hydrogens (tertiary/aromatic N) is 2. The Morgan fingerprint density at radius 3 is 2.39 bits per heavy atom. The first-order valence-electron chi connectivity index (χ1n) is 9.17. The zero-order valence-corrected chi connectivity index (χ0v) is 15.6. The standard InChI is InChI=1S/C23H21N3O2/c1-17-7-5-6-10-21(17)23-26-25-22(28-23)15-24-19-11-13-20(14-12-19)27-16-18-8-3-2-4-9-18/h2-14,24H,15-16H2,1H3. The third-order valence-electron chi connectivity index (χ3n) is 4.39. The van der Waals surface area contributed by atoms with Crippen LogP contribution in [0.1, 0.15) is 17.0 Å². The van der Waals surface area contributed by atoms with Crippen molar-refractivity contribution in [1.29, 1.82) is 0 Å². The van der Waals surface area contributed by atoms with E-state index in [2.05, 4.69) is 15.5 Å². The SMILES string of the molecule is Cc1ccccc1-c1nnc(CNc2ccc(OCc3ccccc3)cc2)o1. The third-order valence-corrected chi connectivity index (χ3v) is 4.39. The van der Waals surface area contributed by atoms with Gasteiger partial charge in [-0.05, 0) is 48.4 Å². The fourth-order valence-electron chi connectivity index (χ4n) is 2.83. The number of hydrogen-bond donors (Lipinski definition) is 1. The highest BCUT2D eigenvalue weighted by Crippen LogP contribution is 2.22. The Labute approximate surface area is 164 Å². The van der Waals surface area contributed by atoms with Crippen LogP contribution in [0.15, 0.2) is 83.3 Å². The predicted molar refractivity (Wildman–Crippen MR) is 109 cm³/mol. The highest BCUT2D eigenvalue weighted by atomic mass is 16.5. The lowest BCUT2D eigenvalue weighted by atomic mass is 10.1. The van der Waals surface area contributed by atoms with E-state index in [1.165, 1.54) is 0 Å². The number of ether oxygens (including phenoxy) is 1. The fraction of sp³-hybridized carbons (Fsp3) is 0.130. The molecular weight excluding hydrogens is 350 g/mol. The van der Waals surface area contributed by atoms with Gasteiger partial charge >= 0.3 is 0 Å². The predicted octanol–water partition coefficient (Wildman–Crippen LogP) is 5.24. The molecule has 0 saturated heterocycles. The van der Waals surface area contributed by atoms with Gasteiger partial charge in [0.05, 0.1) is 6.54 Å². The van der Waals surface area contributed by atoms with Gasteiger partial charge in [0.2, 0.25) is 11.8 Å².